The van der Waals surface area contributed by atoms with Crippen LogP contribution in [0.2, 0.25) is 0 Å². The van der Waals surface area contributed by atoms with Crippen molar-refractivity contribution in [3.8, 4) is 0 Å². The van der Waals surface area contributed by atoms with E-state index < -0.39 is 8.38 Å². The van der Waals surface area contributed by atoms with Gasteiger partial charge in [-0.05, 0) is 6.42 Å². The molecule has 0 bridgehead atoms. The third-order valence-electron chi connectivity index (χ3n) is 2.59. The van der Waals surface area contributed by atoms with E-state index >= 15 is 0 Å². The minimum absolute atomic E-state index is 0.136. The molecule has 1 rings (SSSR count). The molecule has 1 saturated heterocycles. The molecule has 14 heavy (non-hydrogen) atoms. The molecule has 1 N–H and O–H groups in total. The van der Waals surface area contributed by atoms with Crippen LogP contribution in [0.5, 0.6) is 0 Å². The van der Waals surface area contributed by atoms with Crippen LogP contribution in [0.4, 0.5) is 0 Å². The van der Waals surface area contributed by atoms with Gasteiger partial charge in [-0.15, -0.1) is 0 Å². The van der Waals surface area contributed by atoms with Gasteiger partial charge in [-0.3, -0.25) is 0 Å². The minimum Gasteiger partial charge on any atom is -0.396 e. The van der Waals surface area contributed by atoms with Crippen LogP contribution in [0.15, 0.2) is 0 Å². The van der Waals surface area contributed by atoms with Gasteiger partial charge in [0.15, 0.2) is 8.38 Å². The highest BCUT2D eigenvalue weighted by molar-refractivity contribution is 7.47. The maximum Gasteiger partial charge on any atom is 0.172 e. The van der Waals surface area contributed by atoms with Gasteiger partial charge >= 0.3 is 0 Å². The lowest BCUT2D eigenvalue weighted by molar-refractivity contribution is -0.0116. The van der Waals surface area contributed by atoms with E-state index in [9.17, 15) is 5.11 Å². The second-order valence-electron chi connectivity index (χ2n) is 3.61. The van der Waals surface area contributed by atoms with E-state index in [2.05, 4.69) is 0 Å². The van der Waals surface area contributed by atoms with Gasteiger partial charge in [-0.2, -0.15) is 0 Å². The average molecular weight is 222 g/mol. The zero-order valence-corrected chi connectivity index (χ0v) is 9.76. The quantitative estimate of drug-likeness (QED) is 0.714. The maximum absolute atomic E-state index is 9.23. The molecule has 0 aliphatic carbocycles. The molecule has 0 atom stereocenters. The number of rotatable bonds is 5. The van der Waals surface area contributed by atoms with Crippen molar-refractivity contribution in [1.29, 1.82) is 0 Å². The molecule has 5 heteroatoms. The fraction of sp³-hybridized carbons (Fsp3) is 1.00. The normalized spacial score (nSPS) is 33.2. The van der Waals surface area contributed by atoms with Crippen molar-refractivity contribution in [3.05, 3.63) is 0 Å². The summed E-state index contributed by atoms with van der Waals surface area (Å²) in [7, 11) is 0.886. The zero-order chi connectivity index (χ0) is 10.4. The lowest BCUT2D eigenvalue weighted by Gasteiger charge is -2.37. The molecule has 1 aliphatic heterocycles. The van der Waals surface area contributed by atoms with E-state index in [1.54, 1.807) is 7.11 Å². The molecule has 0 aromatic heterocycles. The van der Waals surface area contributed by atoms with Crippen molar-refractivity contribution >= 4 is 8.38 Å². The number of hydrogen-bond acceptors (Lipinski definition) is 4. The van der Waals surface area contributed by atoms with Gasteiger partial charge in [0.05, 0.1) is 26.4 Å². The highest BCUT2D eigenvalue weighted by atomic mass is 31.2. The second kappa shape index (κ2) is 5.99. The number of aliphatic hydroxyl groups excluding tert-OH is 1. The van der Waals surface area contributed by atoms with E-state index in [0.29, 0.717) is 19.8 Å². The maximum atomic E-state index is 9.23. The van der Waals surface area contributed by atoms with Crippen molar-refractivity contribution in [2.45, 2.75) is 13.3 Å². The Labute approximate surface area is 86.5 Å². The van der Waals surface area contributed by atoms with Crippen molar-refractivity contribution in [2.75, 3.05) is 39.7 Å². The fourth-order valence-electron chi connectivity index (χ4n) is 1.20. The van der Waals surface area contributed by atoms with E-state index in [4.69, 9.17) is 13.8 Å². The summed E-state index contributed by atoms with van der Waals surface area (Å²) >= 11 is 0. The Morgan fingerprint density at radius 3 is 2.50 bits per heavy atom. The van der Waals surface area contributed by atoms with E-state index in [0.717, 1.165) is 12.6 Å². The second-order valence-corrected chi connectivity index (χ2v) is 5.24. The van der Waals surface area contributed by atoms with Gasteiger partial charge in [-0.1, -0.05) is 6.92 Å². The molecule has 1 aliphatic rings. The number of ether oxygens (including phenoxy) is 1. The van der Waals surface area contributed by atoms with Crippen molar-refractivity contribution < 1.29 is 18.9 Å². The topological polar surface area (TPSA) is 47.9 Å². The summed E-state index contributed by atoms with van der Waals surface area (Å²) in [6.07, 6.45) is 1.70. The first kappa shape index (κ1) is 12.3. The summed E-state index contributed by atoms with van der Waals surface area (Å²) in [5.41, 5.74) is -0.175. The monoisotopic (exact) mass is 222 g/mol. The smallest absolute Gasteiger partial charge is 0.172 e. The molecule has 1 heterocycles. The van der Waals surface area contributed by atoms with Crippen LogP contribution in [0.3, 0.4) is 0 Å². The van der Waals surface area contributed by atoms with E-state index in [1.807, 2.05) is 6.92 Å². The molecular formula is C9H19O4P. The van der Waals surface area contributed by atoms with Crippen LogP contribution in [-0.4, -0.2) is 44.8 Å². The molecule has 1 fully saturated rings. The van der Waals surface area contributed by atoms with Crippen LogP contribution in [-0.2, 0) is 13.8 Å². The molecule has 0 radical (unpaired) electrons. The predicted molar refractivity (Wildman–Crippen MR) is 55.4 cm³/mol. The number of methoxy groups -OCH3 is 1. The fourth-order valence-corrected chi connectivity index (χ4v) is 2.70. The van der Waals surface area contributed by atoms with Crippen LogP contribution in [0.1, 0.15) is 13.3 Å². The highest BCUT2D eigenvalue weighted by Gasteiger charge is 2.35. The Bertz CT molecular complexity index is 151. The summed E-state index contributed by atoms with van der Waals surface area (Å²) in [6, 6.07) is 0. The molecule has 0 aromatic carbocycles. The van der Waals surface area contributed by atoms with Gasteiger partial charge in [0.25, 0.3) is 0 Å². The molecule has 0 spiro atoms. The van der Waals surface area contributed by atoms with Gasteiger partial charge < -0.3 is 18.9 Å². The summed E-state index contributed by atoms with van der Waals surface area (Å²) in [4.78, 5) is 0. The zero-order valence-electron chi connectivity index (χ0n) is 8.86. The van der Waals surface area contributed by atoms with Crippen LogP contribution in [0, 0.1) is 5.41 Å². The summed E-state index contributed by atoms with van der Waals surface area (Å²) in [5, 5.41) is 9.23. The average Bonchev–Trinajstić information content (AvgIpc) is 2.27. The Hall–Kier alpha value is 0.270. The van der Waals surface area contributed by atoms with Gasteiger partial charge in [0, 0.05) is 18.7 Å². The molecule has 0 saturated carbocycles. The van der Waals surface area contributed by atoms with Gasteiger partial charge in [0.1, 0.15) is 0 Å². The summed E-state index contributed by atoms with van der Waals surface area (Å²) in [6.45, 7) is 4.07. The Kier molecular flexibility index (Phi) is 5.28. The lowest BCUT2D eigenvalue weighted by Crippen LogP contribution is -2.37. The largest absolute Gasteiger partial charge is 0.396 e. The highest BCUT2D eigenvalue weighted by Crippen LogP contribution is 2.46. The third-order valence-corrected chi connectivity index (χ3v) is 3.97. The molecule has 4 nitrogen and oxygen atoms in total. The first-order valence-corrected chi connectivity index (χ1v) is 6.26. The van der Waals surface area contributed by atoms with E-state index in [1.165, 1.54) is 0 Å². The van der Waals surface area contributed by atoms with E-state index in [-0.39, 0.29) is 12.0 Å². The van der Waals surface area contributed by atoms with Gasteiger partial charge in [0.2, 0.25) is 0 Å². The Morgan fingerprint density at radius 2 is 2.07 bits per heavy atom. The van der Waals surface area contributed by atoms with Crippen LogP contribution >= 0.6 is 8.38 Å². The van der Waals surface area contributed by atoms with Crippen molar-refractivity contribution in [3.63, 3.8) is 0 Å². The molecule has 0 amide bonds. The first-order chi connectivity index (χ1) is 6.76. The number of hydrogen-bond donors (Lipinski definition) is 1. The lowest BCUT2D eigenvalue weighted by atomic mass is 9.88. The SMILES string of the molecule is CCC1(CO)COP(CCOC)OC1. The van der Waals surface area contributed by atoms with Crippen LogP contribution in [0.25, 0.3) is 0 Å². The Morgan fingerprint density at radius 1 is 1.43 bits per heavy atom. The third kappa shape index (κ3) is 3.14. The Balaban J connectivity index is 2.29. The first-order valence-electron chi connectivity index (χ1n) is 4.89. The minimum atomic E-state index is -0.784. The summed E-state index contributed by atoms with van der Waals surface area (Å²) in [5.74, 6) is 0. The molecular weight excluding hydrogens is 203 g/mol. The molecule has 84 valence electrons. The molecule has 0 unspecified atom stereocenters. The summed E-state index contributed by atoms with van der Waals surface area (Å²) < 4.78 is 16.1. The number of aliphatic hydroxyl groups is 1. The van der Waals surface area contributed by atoms with Crippen LogP contribution < -0.4 is 0 Å². The van der Waals surface area contributed by atoms with Crippen molar-refractivity contribution in [2.24, 2.45) is 5.41 Å². The standard InChI is InChI=1S/C9H19O4P/c1-3-9(6-10)7-12-14(13-8-9)5-4-11-2/h10H,3-8H2,1-2H3. The van der Waals surface area contributed by atoms with Gasteiger partial charge in [-0.25, -0.2) is 0 Å². The van der Waals surface area contributed by atoms with Crippen molar-refractivity contribution in [1.82, 2.24) is 0 Å². The molecule has 0 aromatic rings. The predicted octanol–water partition coefficient (Wildman–Crippen LogP) is 1.38.